The smallest absolute Gasteiger partial charge is 0.550 e. The summed E-state index contributed by atoms with van der Waals surface area (Å²) in [4.78, 5) is 41.9. The summed E-state index contributed by atoms with van der Waals surface area (Å²) in [6.07, 6.45) is -1.08. The summed E-state index contributed by atoms with van der Waals surface area (Å²) in [5, 5.41) is 39.6. The van der Waals surface area contributed by atoms with Gasteiger partial charge in [0.05, 0.1) is 24.5 Å². The van der Waals surface area contributed by atoms with Crippen LogP contribution in [0.5, 0.6) is 0 Å². The summed E-state index contributed by atoms with van der Waals surface area (Å²) in [6.45, 7) is -2.02. The summed E-state index contributed by atoms with van der Waals surface area (Å²) < 4.78 is 0. The zero-order valence-corrected chi connectivity index (χ0v) is 17.5. The van der Waals surface area contributed by atoms with Gasteiger partial charge in [-0.1, -0.05) is 0 Å². The number of carboxylic acids is 4. The molecule has 1 N–H and O–H groups in total. The van der Waals surface area contributed by atoms with Crippen LogP contribution < -0.4 is 104 Å². The van der Waals surface area contributed by atoms with Crippen molar-refractivity contribution in [1.29, 1.82) is 0 Å². The molecule has 9 nitrogen and oxygen atoms in total. The summed E-state index contributed by atoms with van der Waals surface area (Å²) in [7, 11) is 0. The van der Waals surface area contributed by atoms with E-state index in [0.29, 0.717) is 4.90 Å². The Balaban J connectivity index is -0.000000427. The molecule has 0 saturated heterocycles. The normalized spacial score (nSPS) is 10.2. The molecule has 0 heterocycles. The Morgan fingerprint density at radius 2 is 1.35 bits per heavy atom. The van der Waals surface area contributed by atoms with Gasteiger partial charge in [0.25, 0.3) is 0 Å². The molecule has 12 heteroatoms. The average molecular weight is 315 g/mol. The molecule has 0 aromatic rings. The molecular weight excluding hydrogens is 307 g/mol. The Labute approximate surface area is 180 Å². The number of carboxylic acid groups (broad SMARTS) is 4. The van der Waals surface area contributed by atoms with Crippen molar-refractivity contribution in [2.45, 2.75) is 12.5 Å². The van der Waals surface area contributed by atoms with Crippen LogP contribution in [0.2, 0.25) is 0 Å². The second-order valence-corrected chi connectivity index (χ2v) is 3.08. The Morgan fingerprint density at radius 1 is 0.900 bits per heavy atom. The summed E-state index contributed by atoms with van der Waals surface area (Å²) in [6, 6.07) is -1.91. The first-order chi connectivity index (χ1) is 7.73. The van der Waals surface area contributed by atoms with Crippen LogP contribution in [0.15, 0.2) is 0 Å². The molecule has 1 atom stereocenters. The average Bonchev–Trinajstić information content (AvgIpc) is 2.10. The van der Waals surface area contributed by atoms with E-state index in [1.54, 1.807) is 0 Å². The van der Waals surface area contributed by atoms with E-state index in [2.05, 4.69) is 0 Å². The van der Waals surface area contributed by atoms with Gasteiger partial charge in [-0.3, -0.25) is 9.69 Å². The molecule has 0 unspecified atom stereocenters. The topological polar surface area (TPSA) is 161 Å². The van der Waals surface area contributed by atoms with Crippen LogP contribution in [0.1, 0.15) is 6.42 Å². The molecule has 0 aromatic carbocycles. The van der Waals surface area contributed by atoms with Crippen LogP contribution in [0.3, 0.4) is 0 Å². The molecule has 0 amide bonds. The van der Waals surface area contributed by atoms with Gasteiger partial charge in [0.1, 0.15) is 0 Å². The molecule has 0 aliphatic carbocycles. The van der Waals surface area contributed by atoms with Gasteiger partial charge in [-0.25, -0.2) is 0 Å². The minimum atomic E-state index is -1.91. The number of carbonyl (C=O) groups excluding carboxylic acids is 3. The van der Waals surface area contributed by atoms with Crippen LogP contribution in [0.25, 0.3) is 0 Å². The van der Waals surface area contributed by atoms with Crippen LogP contribution in [0.4, 0.5) is 0 Å². The third kappa shape index (κ3) is 13.8. The van der Waals surface area contributed by atoms with Crippen LogP contribution in [0, 0.1) is 0 Å². The molecule has 0 rings (SSSR count). The zero-order valence-electron chi connectivity index (χ0n) is 11.5. The summed E-state index contributed by atoms with van der Waals surface area (Å²) in [5.41, 5.74) is 0. The minimum Gasteiger partial charge on any atom is -0.550 e. The maximum atomic E-state index is 10.6. The molecule has 20 heavy (non-hydrogen) atoms. The summed E-state index contributed by atoms with van der Waals surface area (Å²) in [5.74, 6) is -6.93. The van der Waals surface area contributed by atoms with Crippen molar-refractivity contribution in [2.24, 2.45) is 0 Å². The number of rotatable bonds is 8. The first kappa shape index (κ1) is 28.9. The second kappa shape index (κ2) is 14.8. The number of hydrogen-bond acceptors (Lipinski definition) is 8. The number of nitrogens with zero attached hydrogens (tertiary/aromatic N) is 1. The third-order valence-electron chi connectivity index (χ3n) is 1.74. The van der Waals surface area contributed by atoms with E-state index in [1.807, 2.05) is 0 Å². The first-order valence-electron chi connectivity index (χ1n) is 4.30. The quantitative estimate of drug-likeness (QED) is 0.429. The Kier molecular flexibility index (Phi) is 21.4. The van der Waals surface area contributed by atoms with Crippen molar-refractivity contribution < 1.29 is 128 Å². The van der Waals surface area contributed by atoms with Crippen molar-refractivity contribution in [3.05, 3.63) is 0 Å². The molecule has 0 radical (unpaired) electrons. The van der Waals surface area contributed by atoms with Crippen molar-refractivity contribution in [3.8, 4) is 0 Å². The predicted molar refractivity (Wildman–Crippen MR) is 42.6 cm³/mol. The maximum Gasteiger partial charge on any atom is 1.00 e. The molecule has 0 aliphatic heterocycles. The van der Waals surface area contributed by atoms with Gasteiger partial charge < -0.3 is 34.8 Å². The number of carbonyl (C=O) groups is 4. The van der Waals surface area contributed by atoms with E-state index in [0.717, 1.165) is 0 Å². The minimum absolute atomic E-state index is 0. The van der Waals surface area contributed by atoms with E-state index in [-0.39, 0.29) is 88.7 Å². The second-order valence-electron chi connectivity index (χ2n) is 3.08. The van der Waals surface area contributed by atoms with Crippen LogP contribution >= 0.6 is 0 Å². The Morgan fingerprint density at radius 3 is 1.60 bits per heavy atom. The van der Waals surface area contributed by atoms with Gasteiger partial charge in [-0.05, 0) is 0 Å². The Bertz CT molecular complexity index is 335. The SMILES string of the molecule is O=C([O-])C[C@@H](C(=O)[O-])N(CC(=O)[O-])CC(=O)O.[Na+].[Na+].[Na+]. The number of aliphatic carboxylic acids is 4. The van der Waals surface area contributed by atoms with E-state index < -0.39 is 49.4 Å². The number of hydrogen-bond donors (Lipinski definition) is 1. The molecular formula is C8H8NNa3O8. The van der Waals surface area contributed by atoms with Crippen molar-refractivity contribution >= 4 is 23.9 Å². The monoisotopic (exact) mass is 315 g/mol. The fourth-order valence-corrected chi connectivity index (χ4v) is 1.14. The van der Waals surface area contributed by atoms with Crippen molar-refractivity contribution in [2.75, 3.05) is 13.1 Å². The predicted octanol–water partition coefficient (Wildman–Crippen LogP) is -14.6. The van der Waals surface area contributed by atoms with Gasteiger partial charge >= 0.3 is 94.6 Å². The van der Waals surface area contributed by atoms with Crippen molar-refractivity contribution in [1.82, 2.24) is 4.90 Å². The summed E-state index contributed by atoms with van der Waals surface area (Å²) >= 11 is 0. The van der Waals surface area contributed by atoms with E-state index in [9.17, 15) is 34.5 Å². The van der Waals surface area contributed by atoms with Gasteiger partial charge in [0, 0.05) is 18.9 Å². The first-order valence-corrected chi connectivity index (χ1v) is 4.30. The van der Waals surface area contributed by atoms with Crippen LogP contribution in [-0.4, -0.2) is 53.0 Å². The van der Waals surface area contributed by atoms with Crippen molar-refractivity contribution in [3.63, 3.8) is 0 Å². The van der Waals surface area contributed by atoms with Gasteiger partial charge in [0.2, 0.25) is 0 Å². The maximum absolute atomic E-state index is 10.6. The zero-order chi connectivity index (χ0) is 13.6. The largest absolute Gasteiger partial charge is 1.00 e. The fraction of sp³-hybridized carbons (Fsp3) is 0.500. The molecule has 0 fully saturated rings. The molecule has 0 bridgehead atoms. The van der Waals surface area contributed by atoms with E-state index in [1.165, 1.54) is 0 Å². The standard InChI is InChI=1S/C8H11NO8.3Na/c10-5(11)1-4(8(16)17)9(2-6(12)13)3-7(14)15;;;/h4H,1-3H2,(H,10,11)(H,12,13)(H,14,15)(H,16,17);;;/q;3*+1/p-3/t4-;;;/m0.../s1. The molecule has 0 spiro atoms. The molecule has 96 valence electrons. The molecule has 0 aromatic heterocycles. The van der Waals surface area contributed by atoms with Gasteiger partial charge in [-0.15, -0.1) is 0 Å². The molecule has 0 aliphatic rings. The van der Waals surface area contributed by atoms with E-state index >= 15 is 0 Å². The third-order valence-corrected chi connectivity index (χ3v) is 1.74. The van der Waals surface area contributed by atoms with E-state index in [4.69, 9.17) is 5.11 Å². The molecule has 0 saturated carbocycles. The fourth-order valence-electron chi connectivity index (χ4n) is 1.14. The van der Waals surface area contributed by atoms with Gasteiger partial charge in [-0.2, -0.15) is 0 Å². The Hall–Kier alpha value is 0.840. The van der Waals surface area contributed by atoms with Gasteiger partial charge in [0.15, 0.2) is 0 Å². The van der Waals surface area contributed by atoms with Crippen LogP contribution in [-0.2, 0) is 19.2 Å².